The van der Waals surface area contributed by atoms with Gasteiger partial charge in [0.1, 0.15) is 17.5 Å². The van der Waals surface area contributed by atoms with Crippen molar-refractivity contribution in [3.8, 4) is 28.7 Å². The van der Waals surface area contributed by atoms with E-state index < -0.39 is 0 Å². The highest BCUT2D eigenvalue weighted by molar-refractivity contribution is 5.80. The zero-order valence-electron chi connectivity index (χ0n) is 12.3. The van der Waals surface area contributed by atoms with Crippen LogP contribution in [0.4, 0.5) is 5.82 Å². The summed E-state index contributed by atoms with van der Waals surface area (Å²) in [6, 6.07) is 6.70. The van der Waals surface area contributed by atoms with Crippen LogP contribution in [-0.4, -0.2) is 15.2 Å². The molecule has 5 nitrogen and oxygen atoms in total. The Morgan fingerprint density at radius 2 is 2.09 bits per heavy atom. The molecule has 0 amide bonds. The number of nitriles is 1. The van der Waals surface area contributed by atoms with E-state index in [0.29, 0.717) is 17.0 Å². The number of nitrogen functional groups attached to an aromatic ring is 1. The lowest BCUT2D eigenvalue weighted by molar-refractivity contribution is 0.404. The molecule has 0 fully saturated rings. The van der Waals surface area contributed by atoms with Gasteiger partial charge in [0.2, 0.25) is 0 Å². The van der Waals surface area contributed by atoms with Crippen molar-refractivity contribution in [2.45, 2.75) is 26.2 Å². The van der Waals surface area contributed by atoms with Crippen LogP contribution < -0.4 is 5.73 Å². The monoisotopic (exact) mass is 295 g/mol. The summed E-state index contributed by atoms with van der Waals surface area (Å²) in [6.45, 7) is 2.17. The molecule has 1 aromatic carbocycles. The number of hydrogen-bond acceptors (Lipinski definition) is 5. The summed E-state index contributed by atoms with van der Waals surface area (Å²) in [4.78, 5) is 4.39. The van der Waals surface area contributed by atoms with E-state index in [-0.39, 0.29) is 17.3 Å². The van der Waals surface area contributed by atoms with Crippen molar-refractivity contribution < 1.29 is 10.2 Å². The lowest BCUT2D eigenvalue weighted by atomic mass is 9.82. The Morgan fingerprint density at radius 1 is 1.32 bits per heavy atom. The van der Waals surface area contributed by atoms with Gasteiger partial charge in [0, 0.05) is 11.3 Å². The van der Waals surface area contributed by atoms with E-state index in [1.54, 1.807) is 6.07 Å². The molecule has 1 aliphatic rings. The van der Waals surface area contributed by atoms with Crippen LogP contribution in [0.3, 0.4) is 0 Å². The fraction of sp³-hybridized carbons (Fsp3) is 0.294. The lowest BCUT2D eigenvalue weighted by Crippen LogP contribution is -2.16. The molecule has 5 heteroatoms. The third-order valence-corrected chi connectivity index (χ3v) is 4.21. The first-order chi connectivity index (χ1) is 10.5. The minimum absolute atomic E-state index is 0.188. The van der Waals surface area contributed by atoms with E-state index >= 15 is 0 Å². The van der Waals surface area contributed by atoms with Gasteiger partial charge in [-0.05, 0) is 48.4 Å². The van der Waals surface area contributed by atoms with Gasteiger partial charge in [0.05, 0.1) is 0 Å². The number of aromatic hydroxyl groups is 2. The van der Waals surface area contributed by atoms with E-state index in [0.717, 1.165) is 36.1 Å². The number of pyridine rings is 1. The number of phenols is 2. The summed E-state index contributed by atoms with van der Waals surface area (Å²) in [5.74, 6) is 0.327. The Morgan fingerprint density at radius 3 is 2.77 bits per heavy atom. The molecule has 0 bridgehead atoms. The highest BCUT2D eigenvalue weighted by Gasteiger charge is 2.25. The van der Waals surface area contributed by atoms with Gasteiger partial charge in [-0.1, -0.05) is 13.0 Å². The van der Waals surface area contributed by atoms with Crippen LogP contribution in [0.15, 0.2) is 18.2 Å². The van der Waals surface area contributed by atoms with Crippen molar-refractivity contribution in [2.75, 3.05) is 5.73 Å². The van der Waals surface area contributed by atoms with Gasteiger partial charge >= 0.3 is 0 Å². The number of nitrogens with zero attached hydrogens (tertiary/aromatic N) is 2. The fourth-order valence-corrected chi connectivity index (χ4v) is 3.06. The number of phenolic OH excluding ortho intramolecular Hbond substituents is 2. The van der Waals surface area contributed by atoms with Crippen molar-refractivity contribution >= 4 is 5.82 Å². The zero-order valence-corrected chi connectivity index (χ0v) is 12.3. The predicted octanol–water partition coefficient (Wildman–Crippen LogP) is 2.74. The van der Waals surface area contributed by atoms with E-state index in [2.05, 4.69) is 18.0 Å². The molecule has 0 saturated heterocycles. The van der Waals surface area contributed by atoms with Crippen LogP contribution in [-0.2, 0) is 12.8 Å². The molecular weight excluding hydrogens is 278 g/mol. The van der Waals surface area contributed by atoms with E-state index in [4.69, 9.17) is 5.73 Å². The summed E-state index contributed by atoms with van der Waals surface area (Å²) in [6.07, 6.45) is 2.71. The average Bonchev–Trinajstić information content (AvgIpc) is 2.49. The molecule has 0 aliphatic heterocycles. The average molecular weight is 295 g/mol. The Balaban J connectivity index is 2.31. The standard InChI is InChI=1S/C17H17N3O2/c1-9-2-4-13-11(6-9)16(12(8-18)17(19)20-13)10-3-5-14(21)15(22)7-10/h3,5,7,9,21-22H,2,4,6H2,1H3,(H2,19,20)/t9-/m0/s1. The molecule has 1 atom stereocenters. The third-order valence-electron chi connectivity index (χ3n) is 4.21. The second kappa shape index (κ2) is 5.23. The molecule has 0 unspecified atom stereocenters. The van der Waals surface area contributed by atoms with Crippen LogP contribution in [0.1, 0.15) is 30.2 Å². The molecule has 0 radical (unpaired) electrons. The van der Waals surface area contributed by atoms with E-state index in [1.165, 1.54) is 12.1 Å². The molecule has 112 valence electrons. The van der Waals surface area contributed by atoms with Gasteiger partial charge in [-0.3, -0.25) is 0 Å². The SMILES string of the molecule is C[C@H]1CCc2nc(N)c(C#N)c(-c3ccc(O)c(O)c3)c2C1. The van der Waals surface area contributed by atoms with Gasteiger partial charge in [-0.2, -0.15) is 5.26 Å². The maximum absolute atomic E-state index is 9.77. The number of fused-ring (bicyclic) bond motifs is 1. The van der Waals surface area contributed by atoms with Gasteiger partial charge < -0.3 is 15.9 Å². The summed E-state index contributed by atoms with van der Waals surface area (Å²) in [7, 11) is 0. The van der Waals surface area contributed by atoms with E-state index in [9.17, 15) is 15.5 Å². The van der Waals surface area contributed by atoms with Gasteiger partial charge in [0.25, 0.3) is 0 Å². The molecule has 22 heavy (non-hydrogen) atoms. The molecular formula is C17H17N3O2. The highest BCUT2D eigenvalue weighted by atomic mass is 16.3. The Labute approximate surface area is 128 Å². The number of aromatic nitrogens is 1. The first-order valence-electron chi connectivity index (χ1n) is 7.25. The number of aryl methyl sites for hydroxylation is 1. The molecule has 1 heterocycles. The number of anilines is 1. The molecule has 1 aromatic heterocycles. The van der Waals surface area contributed by atoms with Gasteiger partial charge in [-0.25, -0.2) is 4.98 Å². The van der Waals surface area contributed by atoms with Crippen LogP contribution >= 0.6 is 0 Å². The smallest absolute Gasteiger partial charge is 0.158 e. The maximum atomic E-state index is 9.77. The van der Waals surface area contributed by atoms with Crippen molar-refractivity contribution in [1.82, 2.24) is 4.98 Å². The Hall–Kier alpha value is -2.74. The minimum Gasteiger partial charge on any atom is -0.504 e. The molecule has 1 aliphatic carbocycles. The quantitative estimate of drug-likeness (QED) is 0.702. The normalized spacial score (nSPS) is 16.8. The molecule has 0 spiro atoms. The number of benzene rings is 1. The van der Waals surface area contributed by atoms with Crippen LogP contribution in [0.5, 0.6) is 11.5 Å². The van der Waals surface area contributed by atoms with Crippen molar-refractivity contribution in [1.29, 1.82) is 5.26 Å². The zero-order chi connectivity index (χ0) is 15.9. The topological polar surface area (TPSA) is 103 Å². The summed E-state index contributed by atoms with van der Waals surface area (Å²) < 4.78 is 0. The van der Waals surface area contributed by atoms with Gasteiger partial charge in [0.15, 0.2) is 11.5 Å². The largest absolute Gasteiger partial charge is 0.504 e. The summed E-state index contributed by atoms with van der Waals surface area (Å²) in [5, 5.41) is 28.7. The van der Waals surface area contributed by atoms with E-state index in [1.807, 2.05) is 0 Å². The third kappa shape index (κ3) is 2.23. The van der Waals surface area contributed by atoms with Crippen LogP contribution in [0.25, 0.3) is 11.1 Å². The molecule has 0 saturated carbocycles. The summed E-state index contributed by atoms with van der Waals surface area (Å²) in [5.41, 5.74) is 9.63. The number of hydrogen-bond donors (Lipinski definition) is 3. The highest BCUT2D eigenvalue weighted by Crippen LogP contribution is 2.39. The minimum atomic E-state index is -0.214. The van der Waals surface area contributed by atoms with Crippen molar-refractivity contribution in [2.24, 2.45) is 5.92 Å². The first kappa shape index (κ1) is 14.2. The Kier molecular flexibility index (Phi) is 3.38. The lowest BCUT2D eigenvalue weighted by Gasteiger charge is -2.25. The first-order valence-corrected chi connectivity index (χ1v) is 7.25. The van der Waals surface area contributed by atoms with Crippen molar-refractivity contribution in [3.05, 3.63) is 35.0 Å². The maximum Gasteiger partial charge on any atom is 0.158 e. The molecule has 4 N–H and O–H groups in total. The second-order valence-corrected chi connectivity index (χ2v) is 5.84. The number of rotatable bonds is 1. The second-order valence-electron chi connectivity index (χ2n) is 5.84. The van der Waals surface area contributed by atoms with Crippen molar-refractivity contribution in [3.63, 3.8) is 0 Å². The Bertz CT molecular complexity index is 793. The van der Waals surface area contributed by atoms with Crippen LogP contribution in [0, 0.1) is 17.2 Å². The van der Waals surface area contributed by atoms with Gasteiger partial charge in [-0.15, -0.1) is 0 Å². The molecule has 2 aromatic rings. The summed E-state index contributed by atoms with van der Waals surface area (Å²) >= 11 is 0. The molecule has 3 rings (SSSR count). The predicted molar refractivity (Wildman–Crippen MR) is 83.3 cm³/mol. The van der Waals surface area contributed by atoms with Crippen LogP contribution in [0.2, 0.25) is 0 Å². The fourth-order valence-electron chi connectivity index (χ4n) is 3.06. The number of nitrogens with two attached hydrogens (primary N) is 1.